The van der Waals surface area contributed by atoms with E-state index >= 15 is 0 Å². The normalized spacial score (nSPS) is 22.2. The molecule has 18 heavy (non-hydrogen) atoms. The summed E-state index contributed by atoms with van der Waals surface area (Å²) in [5.74, 6) is 0.600. The third-order valence-corrected chi connectivity index (χ3v) is 4.10. The summed E-state index contributed by atoms with van der Waals surface area (Å²) in [5.41, 5.74) is 1.43. The van der Waals surface area contributed by atoms with Crippen LogP contribution in [0.25, 0.3) is 0 Å². The van der Waals surface area contributed by atoms with Gasteiger partial charge in [-0.25, -0.2) is 0 Å². The van der Waals surface area contributed by atoms with E-state index in [9.17, 15) is 0 Å². The van der Waals surface area contributed by atoms with Gasteiger partial charge in [0.25, 0.3) is 0 Å². The molecule has 0 radical (unpaired) electrons. The first kappa shape index (κ1) is 13.6. The van der Waals surface area contributed by atoms with Crippen molar-refractivity contribution in [2.75, 3.05) is 26.2 Å². The first-order valence-electron chi connectivity index (χ1n) is 7.31. The highest BCUT2D eigenvalue weighted by atomic mass is 15.2. The molecule has 1 fully saturated rings. The fraction of sp³-hybridized carbons (Fsp3) is 0.625. The van der Waals surface area contributed by atoms with E-state index < -0.39 is 0 Å². The molecule has 1 aromatic rings. The Morgan fingerprint density at radius 3 is 2.83 bits per heavy atom. The Balaban J connectivity index is 1.72. The molecule has 1 aromatic carbocycles. The van der Waals surface area contributed by atoms with E-state index in [1.807, 2.05) is 0 Å². The highest BCUT2D eigenvalue weighted by Crippen LogP contribution is 2.16. The van der Waals surface area contributed by atoms with Gasteiger partial charge in [-0.1, -0.05) is 44.2 Å². The predicted octanol–water partition coefficient (Wildman–Crippen LogP) is 2.86. The van der Waals surface area contributed by atoms with Crippen molar-refractivity contribution in [3.8, 4) is 0 Å². The summed E-state index contributed by atoms with van der Waals surface area (Å²) in [7, 11) is 0. The van der Waals surface area contributed by atoms with Gasteiger partial charge in [0, 0.05) is 19.1 Å². The first-order chi connectivity index (χ1) is 8.81. The number of likely N-dealkylation sites (N-methyl/N-ethyl adjacent to an activating group) is 1. The van der Waals surface area contributed by atoms with Crippen molar-refractivity contribution >= 4 is 0 Å². The van der Waals surface area contributed by atoms with Gasteiger partial charge in [-0.05, 0) is 37.4 Å². The van der Waals surface area contributed by atoms with Crippen LogP contribution in [0.4, 0.5) is 0 Å². The van der Waals surface area contributed by atoms with Crippen molar-refractivity contribution in [2.24, 2.45) is 0 Å². The average molecular weight is 246 g/mol. The summed E-state index contributed by atoms with van der Waals surface area (Å²) in [4.78, 5) is 2.60. The van der Waals surface area contributed by atoms with Crippen molar-refractivity contribution in [3.63, 3.8) is 0 Å². The second-order valence-corrected chi connectivity index (χ2v) is 5.39. The largest absolute Gasteiger partial charge is 0.315 e. The molecule has 0 aromatic heterocycles. The van der Waals surface area contributed by atoms with Crippen molar-refractivity contribution in [1.29, 1.82) is 0 Å². The van der Waals surface area contributed by atoms with Crippen molar-refractivity contribution < 1.29 is 0 Å². The summed E-state index contributed by atoms with van der Waals surface area (Å²) < 4.78 is 0. The molecular weight excluding hydrogens is 220 g/mol. The molecule has 1 saturated heterocycles. The van der Waals surface area contributed by atoms with Gasteiger partial charge < -0.3 is 5.32 Å². The Morgan fingerprint density at radius 1 is 1.33 bits per heavy atom. The molecule has 0 bridgehead atoms. The van der Waals surface area contributed by atoms with Crippen LogP contribution in [0.1, 0.15) is 38.2 Å². The van der Waals surface area contributed by atoms with Gasteiger partial charge in [-0.2, -0.15) is 0 Å². The molecule has 2 atom stereocenters. The molecule has 2 rings (SSSR count). The molecule has 0 saturated carbocycles. The molecule has 1 heterocycles. The molecular formula is C16H26N2. The molecule has 2 nitrogen and oxygen atoms in total. The topological polar surface area (TPSA) is 15.3 Å². The number of rotatable bonds is 6. The molecule has 1 aliphatic heterocycles. The van der Waals surface area contributed by atoms with E-state index in [1.165, 1.54) is 31.5 Å². The zero-order chi connectivity index (χ0) is 12.8. The van der Waals surface area contributed by atoms with Crippen LogP contribution in [-0.4, -0.2) is 37.1 Å². The second-order valence-electron chi connectivity index (χ2n) is 5.39. The minimum absolute atomic E-state index is 0.600. The Morgan fingerprint density at radius 2 is 2.11 bits per heavy atom. The fourth-order valence-corrected chi connectivity index (χ4v) is 2.91. The standard InChI is InChI=1S/C16H26N2/c1-3-18-11-7-10-16(18)13-17-12-14(2)15-8-5-4-6-9-15/h4-6,8-9,14,16-17H,3,7,10-13H2,1-2H3/t14-,16+/m1/s1. The SMILES string of the molecule is CCN1CCC[C@H]1CNC[C@@H](C)c1ccccc1. The van der Waals surface area contributed by atoms with Crippen LogP contribution < -0.4 is 5.32 Å². The third kappa shape index (κ3) is 3.56. The zero-order valence-corrected chi connectivity index (χ0v) is 11.7. The van der Waals surface area contributed by atoms with Gasteiger partial charge in [0.05, 0.1) is 0 Å². The molecule has 100 valence electrons. The first-order valence-corrected chi connectivity index (χ1v) is 7.31. The van der Waals surface area contributed by atoms with Gasteiger partial charge in [-0.15, -0.1) is 0 Å². The second kappa shape index (κ2) is 6.91. The predicted molar refractivity (Wildman–Crippen MR) is 78.0 cm³/mol. The van der Waals surface area contributed by atoms with E-state index in [-0.39, 0.29) is 0 Å². The summed E-state index contributed by atoms with van der Waals surface area (Å²) in [6.45, 7) is 9.28. The Labute approximate surface area is 111 Å². The highest BCUT2D eigenvalue weighted by Gasteiger charge is 2.22. The van der Waals surface area contributed by atoms with Crippen LogP contribution in [0.2, 0.25) is 0 Å². The number of hydrogen-bond acceptors (Lipinski definition) is 2. The Hall–Kier alpha value is -0.860. The molecule has 0 spiro atoms. The molecule has 1 aliphatic rings. The maximum Gasteiger partial charge on any atom is 0.0221 e. The number of nitrogens with zero attached hydrogens (tertiary/aromatic N) is 1. The third-order valence-electron chi connectivity index (χ3n) is 4.10. The smallest absolute Gasteiger partial charge is 0.0221 e. The van der Waals surface area contributed by atoms with Gasteiger partial charge >= 0.3 is 0 Å². The van der Waals surface area contributed by atoms with Crippen LogP contribution in [-0.2, 0) is 0 Å². The van der Waals surface area contributed by atoms with Crippen LogP contribution in [0.5, 0.6) is 0 Å². The number of nitrogens with one attached hydrogen (secondary N) is 1. The quantitative estimate of drug-likeness (QED) is 0.830. The zero-order valence-electron chi connectivity index (χ0n) is 11.7. The van der Waals surface area contributed by atoms with Gasteiger partial charge in [0.15, 0.2) is 0 Å². The number of likely N-dealkylation sites (tertiary alicyclic amines) is 1. The lowest BCUT2D eigenvalue weighted by Crippen LogP contribution is -2.38. The monoisotopic (exact) mass is 246 g/mol. The lowest BCUT2D eigenvalue weighted by atomic mass is 10.0. The lowest BCUT2D eigenvalue weighted by Gasteiger charge is -2.24. The van der Waals surface area contributed by atoms with Gasteiger partial charge in [0.2, 0.25) is 0 Å². The molecule has 0 amide bonds. The van der Waals surface area contributed by atoms with E-state index in [2.05, 4.69) is 54.4 Å². The van der Waals surface area contributed by atoms with Crippen molar-refractivity contribution in [3.05, 3.63) is 35.9 Å². The van der Waals surface area contributed by atoms with Crippen LogP contribution >= 0.6 is 0 Å². The van der Waals surface area contributed by atoms with Gasteiger partial charge in [0.1, 0.15) is 0 Å². The van der Waals surface area contributed by atoms with Crippen LogP contribution in [0.3, 0.4) is 0 Å². The fourth-order valence-electron chi connectivity index (χ4n) is 2.91. The summed E-state index contributed by atoms with van der Waals surface area (Å²) >= 11 is 0. The lowest BCUT2D eigenvalue weighted by molar-refractivity contribution is 0.259. The number of hydrogen-bond donors (Lipinski definition) is 1. The summed E-state index contributed by atoms with van der Waals surface area (Å²) in [5, 5.41) is 3.65. The number of benzene rings is 1. The molecule has 2 heteroatoms. The van der Waals surface area contributed by atoms with Crippen LogP contribution in [0, 0.1) is 0 Å². The van der Waals surface area contributed by atoms with Crippen molar-refractivity contribution in [1.82, 2.24) is 10.2 Å². The minimum Gasteiger partial charge on any atom is -0.315 e. The van der Waals surface area contributed by atoms with E-state index in [0.717, 1.165) is 19.1 Å². The van der Waals surface area contributed by atoms with E-state index in [4.69, 9.17) is 0 Å². The average Bonchev–Trinajstić information content (AvgIpc) is 2.87. The Kier molecular flexibility index (Phi) is 5.21. The van der Waals surface area contributed by atoms with E-state index in [1.54, 1.807) is 0 Å². The highest BCUT2D eigenvalue weighted by molar-refractivity contribution is 5.18. The van der Waals surface area contributed by atoms with E-state index in [0.29, 0.717) is 5.92 Å². The molecule has 0 aliphatic carbocycles. The maximum absolute atomic E-state index is 3.65. The van der Waals surface area contributed by atoms with Gasteiger partial charge in [-0.3, -0.25) is 4.90 Å². The maximum atomic E-state index is 3.65. The molecule has 0 unspecified atom stereocenters. The molecule has 1 N–H and O–H groups in total. The Bertz CT molecular complexity index is 336. The summed E-state index contributed by atoms with van der Waals surface area (Å²) in [6.07, 6.45) is 2.73. The summed E-state index contributed by atoms with van der Waals surface area (Å²) in [6, 6.07) is 11.5. The van der Waals surface area contributed by atoms with Crippen LogP contribution in [0.15, 0.2) is 30.3 Å². The van der Waals surface area contributed by atoms with Crippen molar-refractivity contribution in [2.45, 2.75) is 38.6 Å². The minimum atomic E-state index is 0.600.